The van der Waals surface area contributed by atoms with Gasteiger partial charge in [0.1, 0.15) is 11.5 Å². The van der Waals surface area contributed by atoms with Gasteiger partial charge in [-0.25, -0.2) is 0 Å². The first-order valence-corrected chi connectivity index (χ1v) is 7.74. The maximum atomic E-state index is 11.7. The summed E-state index contributed by atoms with van der Waals surface area (Å²) in [6.07, 6.45) is 2.88. The number of methoxy groups -OCH3 is 1. The van der Waals surface area contributed by atoms with Gasteiger partial charge in [0.05, 0.1) is 7.11 Å². The molecule has 0 atom stereocenters. The van der Waals surface area contributed by atoms with Gasteiger partial charge in [0.25, 0.3) is 11.8 Å². The zero-order valence-corrected chi connectivity index (χ0v) is 14.2. The Hall–Kier alpha value is -2.99. The number of ether oxygens (including phenoxy) is 2. The van der Waals surface area contributed by atoms with Crippen LogP contribution in [-0.2, 0) is 9.59 Å². The van der Waals surface area contributed by atoms with Crippen LogP contribution < -0.4 is 20.3 Å². The molecule has 2 rings (SSSR count). The van der Waals surface area contributed by atoms with Crippen LogP contribution in [0.4, 0.5) is 0 Å². The van der Waals surface area contributed by atoms with Gasteiger partial charge < -0.3 is 9.47 Å². The molecule has 0 aliphatic rings. The molecule has 2 aromatic carbocycles. The van der Waals surface area contributed by atoms with E-state index in [0.29, 0.717) is 16.5 Å². The Balaban J connectivity index is 1.76. The number of amides is 2. The molecule has 0 spiro atoms. The molecule has 0 aliphatic carbocycles. The van der Waals surface area contributed by atoms with E-state index in [1.54, 1.807) is 49.6 Å². The number of carbonyl (C=O) groups excluding carboxylic acids is 2. The number of benzene rings is 2. The lowest BCUT2D eigenvalue weighted by Gasteiger charge is -2.07. The summed E-state index contributed by atoms with van der Waals surface area (Å²) < 4.78 is 10.4. The second kappa shape index (κ2) is 9.34. The lowest BCUT2D eigenvalue weighted by atomic mass is 10.2. The number of rotatable bonds is 6. The highest BCUT2D eigenvalue weighted by molar-refractivity contribution is 6.30. The Morgan fingerprint density at radius 2 is 1.80 bits per heavy atom. The molecule has 2 aromatic rings. The van der Waals surface area contributed by atoms with Crippen molar-refractivity contribution in [3.63, 3.8) is 0 Å². The smallest absolute Gasteiger partial charge is 0.276 e. The van der Waals surface area contributed by atoms with E-state index in [9.17, 15) is 9.59 Å². The van der Waals surface area contributed by atoms with E-state index in [2.05, 4.69) is 10.9 Å². The second-order valence-corrected chi connectivity index (χ2v) is 5.29. The number of para-hydroxylation sites is 1. The van der Waals surface area contributed by atoms with Crippen molar-refractivity contribution in [2.75, 3.05) is 13.7 Å². The molecule has 2 amide bonds. The van der Waals surface area contributed by atoms with E-state index in [1.165, 1.54) is 6.08 Å². The quantitative estimate of drug-likeness (QED) is 0.613. The van der Waals surface area contributed by atoms with Crippen molar-refractivity contribution in [3.8, 4) is 11.5 Å². The molecule has 0 radical (unpaired) electrons. The van der Waals surface area contributed by atoms with Crippen LogP contribution in [-0.4, -0.2) is 25.5 Å². The molecule has 0 bridgehead atoms. The van der Waals surface area contributed by atoms with Crippen LogP contribution in [0.25, 0.3) is 6.08 Å². The zero-order valence-electron chi connectivity index (χ0n) is 13.5. The van der Waals surface area contributed by atoms with Crippen molar-refractivity contribution in [1.82, 2.24) is 10.9 Å². The van der Waals surface area contributed by atoms with Gasteiger partial charge in [-0.3, -0.25) is 20.4 Å². The fourth-order valence-corrected chi connectivity index (χ4v) is 1.98. The summed E-state index contributed by atoms with van der Waals surface area (Å²) in [5, 5.41) is 0.575. The van der Waals surface area contributed by atoms with Gasteiger partial charge in [0, 0.05) is 16.7 Å². The van der Waals surface area contributed by atoms with Crippen molar-refractivity contribution in [1.29, 1.82) is 0 Å². The summed E-state index contributed by atoms with van der Waals surface area (Å²) in [7, 11) is 1.55. The third-order valence-electron chi connectivity index (χ3n) is 3.06. The Morgan fingerprint density at radius 3 is 2.52 bits per heavy atom. The topological polar surface area (TPSA) is 76.7 Å². The van der Waals surface area contributed by atoms with E-state index >= 15 is 0 Å². The fourth-order valence-electron chi connectivity index (χ4n) is 1.86. The van der Waals surface area contributed by atoms with Crippen LogP contribution in [0.5, 0.6) is 11.5 Å². The number of hydrazine groups is 1. The Bertz CT molecular complexity index is 760. The van der Waals surface area contributed by atoms with Gasteiger partial charge in [-0.2, -0.15) is 0 Å². The van der Waals surface area contributed by atoms with E-state index in [-0.39, 0.29) is 6.61 Å². The Morgan fingerprint density at radius 1 is 1.08 bits per heavy atom. The number of hydrogen-bond acceptors (Lipinski definition) is 4. The number of hydrogen-bond donors (Lipinski definition) is 2. The first-order valence-electron chi connectivity index (χ1n) is 7.37. The predicted octanol–water partition coefficient (Wildman–Crippen LogP) is 2.59. The van der Waals surface area contributed by atoms with Gasteiger partial charge in [0.15, 0.2) is 6.61 Å². The highest BCUT2D eigenvalue weighted by Gasteiger charge is 2.04. The van der Waals surface area contributed by atoms with Crippen molar-refractivity contribution < 1.29 is 19.1 Å². The summed E-state index contributed by atoms with van der Waals surface area (Å²) in [4.78, 5) is 23.4. The van der Waals surface area contributed by atoms with Crippen LogP contribution in [0.2, 0.25) is 5.02 Å². The summed E-state index contributed by atoms with van der Waals surface area (Å²) in [5.74, 6) is 0.175. The van der Waals surface area contributed by atoms with Crippen molar-refractivity contribution in [2.45, 2.75) is 0 Å². The van der Waals surface area contributed by atoms with Crippen molar-refractivity contribution in [3.05, 3.63) is 65.2 Å². The minimum Gasteiger partial charge on any atom is -0.496 e. The SMILES string of the molecule is COc1ccccc1/C=C/C(=O)NNC(=O)COc1ccc(Cl)cc1. The van der Waals surface area contributed by atoms with E-state index in [4.69, 9.17) is 21.1 Å². The minimum atomic E-state index is -0.492. The Kier molecular flexibility index (Phi) is 6.86. The maximum absolute atomic E-state index is 11.7. The molecule has 7 heteroatoms. The van der Waals surface area contributed by atoms with Gasteiger partial charge in [-0.05, 0) is 36.4 Å². The highest BCUT2D eigenvalue weighted by Crippen LogP contribution is 2.18. The minimum absolute atomic E-state index is 0.238. The van der Waals surface area contributed by atoms with Crippen molar-refractivity contribution in [2.24, 2.45) is 0 Å². The number of halogens is 1. The zero-order chi connectivity index (χ0) is 18.1. The van der Waals surface area contributed by atoms with Crippen LogP contribution in [0.15, 0.2) is 54.6 Å². The molecule has 0 heterocycles. The molecule has 25 heavy (non-hydrogen) atoms. The molecule has 0 fully saturated rings. The number of nitrogens with one attached hydrogen (secondary N) is 2. The van der Waals surface area contributed by atoms with Gasteiger partial charge >= 0.3 is 0 Å². The van der Waals surface area contributed by atoms with Gasteiger partial charge in [0.2, 0.25) is 0 Å². The first-order chi connectivity index (χ1) is 12.1. The van der Waals surface area contributed by atoms with Crippen LogP contribution in [0, 0.1) is 0 Å². The van der Waals surface area contributed by atoms with E-state index in [1.807, 2.05) is 12.1 Å². The first kappa shape index (κ1) is 18.4. The summed E-state index contributed by atoms with van der Waals surface area (Å²) >= 11 is 5.76. The molecule has 6 nitrogen and oxygen atoms in total. The third-order valence-corrected chi connectivity index (χ3v) is 3.31. The average Bonchev–Trinajstić information content (AvgIpc) is 2.64. The van der Waals surface area contributed by atoms with Gasteiger partial charge in [-0.15, -0.1) is 0 Å². The largest absolute Gasteiger partial charge is 0.496 e. The molecule has 0 saturated carbocycles. The summed E-state index contributed by atoms with van der Waals surface area (Å²) in [6.45, 7) is -0.238. The van der Waals surface area contributed by atoms with Crippen LogP contribution in [0.3, 0.4) is 0 Å². The van der Waals surface area contributed by atoms with Crippen LogP contribution in [0.1, 0.15) is 5.56 Å². The normalized spacial score (nSPS) is 10.3. The fraction of sp³-hybridized carbons (Fsp3) is 0.111. The van der Waals surface area contributed by atoms with E-state index < -0.39 is 11.8 Å². The monoisotopic (exact) mass is 360 g/mol. The molecular formula is C18H17ClN2O4. The molecule has 2 N–H and O–H groups in total. The molecule has 130 valence electrons. The molecule has 0 unspecified atom stereocenters. The van der Waals surface area contributed by atoms with E-state index in [0.717, 1.165) is 5.56 Å². The van der Waals surface area contributed by atoms with Gasteiger partial charge in [-0.1, -0.05) is 29.8 Å². The molecule has 0 aromatic heterocycles. The molecular weight excluding hydrogens is 344 g/mol. The number of carbonyl (C=O) groups is 2. The standard InChI is InChI=1S/C18H17ClN2O4/c1-24-16-5-3-2-4-13(16)6-11-17(22)20-21-18(23)12-25-15-9-7-14(19)8-10-15/h2-11H,12H2,1H3,(H,20,22)(H,21,23)/b11-6+. The van der Waals surface area contributed by atoms with Crippen molar-refractivity contribution >= 4 is 29.5 Å². The second-order valence-electron chi connectivity index (χ2n) is 4.86. The maximum Gasteiger partial charge on any atom is 0.276 e. The third kappa shape index (κ3) is 6.19. The molecule has 0 aliphatic heterocycles. The predicted molar refractivity (Wildman–Crippen MR) is 95.3 cm³/mol. The summed E-state index contributed by atoms with van der Waals surface area (Å²) in [6, 6.07) is 13.8. The summed E-state index contributed by atoms with van der Waals surface area (Å²) in [5.41, 5.74) is 5.27. The Labute approximate surface area is 150 Å². The molecule has 0 saturated heterocycles. The van der Waals surface area contributed by atoms with Crippen LogP contribution >= 0.6 is 11.6 Å². The lowest BCUT2D eigenvalue weighted by molar-refractivity contribution is -0.128. The highest BCUT2D eigenvalue weighted by atomic mass is 35.5. The average molecular weight is 361 g/mol. The lowest BCUT2D eigenvalue weighted by Crippen LogP contribution is -2.43.